The fourth-order valence-electron chi connectivity index (χ4n) is 3.71. The third-order valence-corrected chi connectivity index (χ3v) is 5.59. The van der Waals surface area contributed by atoms with Crippen molar-refractivity contribution >= 4 is 0 Å². The van der Waals surface area contributed by atoms with Crippen LogP contribution in [0.5, 0.6) is 11.6 Å². The lowest BCUT2D eigenvalue weighted by Crippen LogP contribution is -2.21. The van der Waals surface area contributed by atoms with E-state index in [2.05, 4.69) is 35.9 Å². The molecule has 2 aromatic rings. The van der Waals surface area contributed by atoms with Gasteiger partial charge in [-0.25, -0.2) is 4.98 Å². The van der Waals surface area contributed by atoms with Crippen molar-refractivity contribution < 1.29 is 14.2 Å². The van der Waals surface area contributed by atoms with Crippen molar-refractivity contribution in [3.63, 3.8) is 0 Å². The molecule has 32 heavy (non-hydrogen) atoms. The van der Waals surface area contributed by atoms with Gasteiger partial charge in [0, 0.05) is 25.2 Å². The third-order valence-electron chi connectivity index (χ3n) is 5.59. The van der Waals surface area contributed by atoms with Crippen LogP contribution >= 0.6 is 0 Å². The molecular formula is C28H37NO3. The van der Waals surface area contributed by atoms with Gasteiger partial charge < -0.3 is 14.2 Å². The Labute approximate surface area is 193 Å². The van der Waals surface area contributed by atoms with E-state index in [4.69, 9.17) is 14.2 Å². The zero-order valence-electron chi connectivity index (χ0n) is 19.5. The van der Waals surface area contributed by atoms with Crippen LogP contribution in [-0.4, -0.2) is 24.3 Å². The van der Waals surface area contributed by atoms with E-state index in [9.17, 15) is 0 Å². The average Bonchev–Trinajstić information content (AvgIpc) is 3.10. The Morgan fingerprint density at radius 3 is 2.75 bits per heavy atom. The predicted octanol–water partition coefficient (Wildman–Crippen LogP) is 6.71. The standard InChI is InChI=1S/C28H37NO3/c1-2-3-4-5-6-7-12-17-25-20-27(31-22-24-15-10-8-11-16-24)21-28(29-25)32-23-26-18-13-9-14-19-30-26/h8,10-11,15-16,20-21,26H,2-7,9,13-14,18-19,22-23H2,1H3. The summed E-state index contributed by atoms with van der Waals surface area (Å²) in [4.78, 5) is 4.61. The molecule has 1 fully saturated rings. The highest BCUT2D eigenvalue weighted by Gasteiger charge is 2.14. The highest BCUT2D eigenvalue weighted by molar-refractivity contribution is 5.38. The van der Waals surface area contributed by atoms with Crippen molar-refractivity contribution in [3.8, 4) is 23.5 Å². The van der Waals surface area contributed by atoms with E-state index in [0.29, 0.717) is 24.8 Å². The summed E-state index contributed by atoms with van der Waals surface area (Å²) in [6.45, 7) is 4.07. The normalized spacial score (nSPS) is 16.0. The van der Waals surface area contributed by atoms with E-state index in [1.165, 1.54) is 38.5 Å². The monoisotopic (exact) mass is 435 g/mol. The minimum Gasteiger partial charge on any atom is -0.489 e. The Balaban J connectivity index is 1.61. The molecule has 3 rings (SSSR count). The molecule has 0 amide bonds. The summed E-state index contributed by atoms with van der Waals surface area (Å²) < 4.78 is 18.0. The van der Waals surface area contributed by atoms with Gasteiger partial charge >= 0.3 is 0 Å². The summed E-state index contributed by atoms with van der Waals surface area (Å²) >= 11 is 0. The fourth-order valence-corrected chi connectivity index (χ4v) is 3.71. The van der Waals surface area contributed by atoms with Crippen LogP contribution in [0.4, 0.5) is 0 Å². The zero-order valence-corrected chi connectivity index (χ0v) is 19.5. The molecule has 1 unspecified atom stereocenters. The number of ether oxygens (including phenoxy) is 3. The second-order valence-electron chi connectivity index (χ2n) is 8.42. The van der Waals surface area contributed by atoms with Crippen molar-refractivity contribution in [2.75, 3.05) is 13.2 Å². The van der Waals surface area contributed by atoms with Crippen LogP contribution in [0, 0.1) is 11.8 Å². The molecular weight excluding hydrogens is 398 g/mol. The van der Waals surface area contributed by atoms with Crippen LogP contribution in [0.1, 0.15) is 82.4 Å². The molecule has 2 heterocycles. The Hall–Kier alpha value is -2.51. The average molecular weight is 436 g/mol. The minimum atomic E-state index is 0.130. The van der Waals surface area contributed by atoms with Gasteiger partial charge in [-0.05, 0) is 30.7 Å². The topological polar surface area (TPSA) is 40.6 Å². The Morgan fingerprint density at radius 2 is 1.88 bits per heavy atom. The maximum atomic E-state index is 6.04. The van der Waals surface area contributed by atoms with Gasteiger partial charge in [0.05, 0.1) is 6.10 Å². The lowest BCUT2D eigenvalue weighted by atomic mass is 10.1. The second kappa shape index (κ2) is 14.5. The summed E-state index contributed by atoms with van der Waals surface area (Å²) in [6.07, 6.45) is 11.9. The van der Waals surface area contributed by atoms with Crippen LogP contribution < -0.4 is 9.47 Å². The maximum Gasteiger partial charge on any atom is 0.218 e. The Morgan fingerprint density at radius 1 is 1.00 bits per heavy atom. The van der Waals surface area contributed by atoms with E-state index >= 15 is 0 Å². The van der Waals surface area contributed by atoms with E-state index in [-0.39, 0.29) is 6.10 Å². The molecule has 1 aromatic carbocycles. The molecule has 1 aliphatic rings. The molecule has 0 N–H and O–H groups in total. The van der Waals surface area contributed by atoms with Crippen molar-refractivity contribution in [1.82, 2.24) is 4.98 Å². The van der Waals surface area contributed by atoms with E-state index < -0.39 is 0 Å². The number of rotatable bonds is 11. The molecule has 1 saturated heterocycles. The van der Waals surface area contributed by atoms with Gasteiger partial charge in [0.2, 0.25) is 5.88 Å². The van der Waals surface area contributed by atoms with Crippen LogP contribution in [0.2, 0.25) is 0 Å². The largest absolute Gasteiger partial charge is 0.489 e. The van der Waals surface area contributed by atoms with Crippen LogP contribution in [0.25, 0.3) is 0 Å². The summed E-state index contributed by atoms with van der Waals surface area (Å²) in [7, 11) is 0. The van der Waals surface area contributed by atoms with Crippen LogP contribution in [0.3, 0.4) is 0 Å². The molecule has 1 aromatic heterocycles. The van der Waals surface area contributed by atoms with Crippen molar-refractivity contribution in [2.24, 2.45) is 0 Å². The minimum absolute atomic E-state index is 0.130. The molecule has 0 bridgehead atoms. The second-order valence-corrected chi connectivity index (χ2v) is 8.42. The summed E-state index contributed by atoms with van der Waals surface area (Å²) in [5, 5.41) is 0. The maximum absolute atomic E-state index is 6.04. The van der Waals surface area contributed by atoms with Crippen molar-refractivity contribution in [1.29, 1.82) is 0 Å². The summed E-state index contributed by atoms with van der Waals surface area (Å²) in [5.41, 5.74) is 1.82. The predicted molar refractivity (Wildman–Crippen MR) is 129 cm³/mol. The number of hydrogen-bond donors (Lipinski definition) is 0. The van der Waals surface area contributed by atoms with E-state index in [1.54, 1.807) is 0 Å². The Kier molecular flexibility index (Phi) is 11.0. The molecule has 0 saturated carbocycles. The number of pyridine rings is 1. The first-order valence-corrected chi connectivity index (χ1v) is 12.3. The van der Waals surface area contributed by atoms with Gasteiger partial charge in [0.15, 0.2) is 0 Å². The summed E-state index contributed by atoms with van der Waals surface area (Å²) in [5.74, 6) is 7.76. The highest BCUT2D eigenvalue weighted by atomic mass is 16.5. The van der Waals surface area contributed by atoms with Crippen LogP contribution in [-0.2, 0) is 11.3 Å². The van der Waals surface area contributed by atoms with Crippen LogP contribution in [0.15, 0.2) is 42.5 Å². The van der Waals surface area contributed by atoms with Crippen molar-refractivity contribution in [3.05, 3.63) is 53.7 Å². The number of hydrogen-bond acceptors (Lipinski definition) is 4. The van der Waals surface area contributed by atoms with Gasteiger partial charge in [-0.1, -0.05) is 81.7 Å². The molecule has 0 radical (unpaired) electrons. The summed E-state index contributed by atoms with van der Waals surface area (Å²) in [6, 6.07) is 13.9. The van der Waals surface area contributed by atoms with Gasteiger partial charge in [0.25, 0.3) is 0 Å². The third kappa shape index (κ3) is 9.32. The smallest absolute Gasteiger partial charge is 0.218 e. The number of unbranched alkanes of at least 4 members (excludes halogenated alkanes) is 5. The molecule has 1 aliphatic heterocycles. The lowest BCUT2D eigenvalue weighted by Gasteiger charge is -2.16. The number of aromatic nitrogens is 1. The number of benzene rings is 1. The molecule has 4 heteroatoms. The first-order valence-electron chi connectivity index (χ1n) is 12.3. The molecule has 4 nitrogen and oxygen atoms in total. The van der Waals surface area contributed by atoms with Gasteiger partial charge in [-0.2, -0.15) is 0 Å². The van der Waals surface area contributed by atoms with Gasteiger partial charge in [0.1, 0.15) is 24.7 Å². The quantitative estimate of drug-likeness (QED) is 0.290. The molecule has 1 atom stereocenters. The van der Waals surface area contributed by atoms with Crippen molar-refractivity contribution in [2.45, 2.75) is 83.8 Å². The molecule has 0 spiro atoms. The van der Waals surface area contributed by atoms with Gasteiger partial charge in [-0.3, -0.25) is 0 Å². The number of nitrogens with zero attached hydrogens (tertiary/aromatic N) is 1. The van der Waals surface area contributed by atoms with E-state index in [1.807, 2.05) is 30.3 Å². The Bertz CT molecular complexity index is 833. The SMILES string of the molecule is CCCCCCCC#Cc1cc(OCc2ccccc2)cc(OCC2CCCCCO2)n1. The zero-order chi connectivity index (χ0) is 22.3. The first-order chi connectivity index (χ1) is 15.8. The molecule has 0 aliphatic carbocycles. The lowest BCUT2D eigenvalue weighted by molar-refractivity contribution is 0.0235. The first kappa shape index (κ1) is 24.1. The fraction of sp³-hybridized carbons (Fsp3) is 0.536. The van der Waals surface area contributed by atoms with E-state index in [0.717, 1.165) is 43.6 Å². The van der Waals surface area contributed by atoms with Gasteiger partial charge in [-0.15, -0.1) is 0 Å². The highest BCUT2D eigenvalue weighted by Crippen LogP contribution is 2.22. The molecule has 172 valence electrons.